The monoisotopic (exact) mass is 178 g/mol. The molecule has 0 saturated carbocycles. The SMILES string of the molecule is C=C[C@@H](N)c1ccccc1[N+](=O)[O-]. The minimum absolute atomic E-state index is 0.0369. The van der Waals surface area contributed by atoms with Crippen LogP contribution in [0.3, 0.4) is 0 Å². The first-order valence-electron chi connectivity index (χ1n) is 3.78. The van der Waals surface area contributed by atoms with Crippen LogP contribution in [0.2, 0.25) is 0 Å². The van der Waals surface area contributed by atoms with E-state index in [9.17, 15) is 10.1 Å². The van der Waals surface area contributed by atoms with Crippen molar-refractivity contribution in [1.82, 2.24) is 0 Å². The van der Waals surface area contributed by atoms with Crippen molar-refractivity contribution in [2.24, 2.45) is 5.73 Å². The number of nitrogens with zero attached hydrogens (tertiary/aromatic N) is 1. The Labute approximate surface area is 75.8 Å². The van der Waals surface area contributed by atoms with Crippen molar-refractivity contribution < 1.29 is 4.92 Å². The topological polar surface area (TPSA) is 69.2 Å². The molecule has 68 valence electrons. The van der Waals surface area contributed by atoms with Gasteiger partial charge in [0.2, 0.25) is 0 Å². The molecule has 0 amide bonds. The van der Waals surface area contributed by atoms with Crippen LogP contribution < -0.4 is 5.73 Å². The highest BCUT2D eigenvalue weighted by molar-refractivity contribution is 5.43. The van der Waals surface area contributed by atoms with Gasteiger partial charge in [0.15, 0.2) is 0 Å². The van der Waals surface area contributed by atoms with Gasteiger partial charge >= 0.3 is 0 Å². The maximum absolute atomic E-state index is 10.6. The summed E-state index contributed by atoms with van der Waals surface area (Å²) < 4.78 is 0. The van der Waals surface area contributed by atoms with Gasteiger partial charge < -0.3 is 5.73 Å². The molecule has 0 unspecified atom stereocenters. The van der Waals surface area contributed by atoms with Gasteiger partial charge in [-0.25, -0.2) is 0 Å². The number of nitrogens with two attached hydrogens (primary N) is 1. The summed E-state index contributed by atoms with van der Waals surface area (Å²) in [5, 5.41) is 10.6. The van der Waals surface area contributed by atoms with Crippen LogP contribution in [-0.4, -0.2) is 4.92 Å². The van der Waals surface area contributed by atoms with Crippen LogP contribution in [0, 0.1) is 10.1 Å². The standard InChI is InChI=1S/C9H10N2O2/c1-2-8(10)7-5-3-4-6-9(7)11(12)13/h2-6,8H,1,10H2/t8-/m1/s1. The van der Waals surface area contributed by atoms with Gasteiger partial charge in [-0.15, -0.1) is 6.58 Å². The molecular formula is C9H10N2O2. The molecular weight excluding hydrogens is 168 g/mol. The zero-order valence-electron chi connectivity index (χ0n) is 7.01. The number of nitro benzene ring substituents is 1. The summed E-state index contributed by atoms with van der Waals surface area (Å²) in [6.45, 7) is 3.49. The van der Waals surface area contributed by atoms with Crippen molar-refractivity contribution >= 4 is 5.69 Å². The molecule has 1 rings (SSSR count). The summed E-state index contributed by atoms with van der Waals surface area (Å²) in [7, 11) is 0. The first-order chi connectivity index (χ1) is 6.16. The molecule has 4 nitrogen and oxygen atoms in total. The number of nitro groups is 1. The second-order valence-corrected chi connectivity index (χ2v) is 2.58. The summed E-state index contributed by atoms with van der Waals surface area (Å²) in [6.07, 6.45) is 1.47. The number of hydrogen-bond acceptors (Lipinski definition) is 3. The molecule has 0 aromatic heterocycles. The molecule has 0 fully saturated rings. The molecule has 0 aliphatic rings. The predicted octanol–water partition coefficient (Wildman–Crippen LogP) is 1.78. The Bertz CT molecular complexity index is 336. The van der Waals surface area contributed by atoms with E-state index in [0.717, 1.165) is 0 Å². The van der Waals surface area contributed by atoms with Crippen LogP contribution in [0.15, 0.2) is 36.9 Å². The van der Waals surface area contributed by atoms with Gasteiger partial charge in [-0.2, -0.15) is 0 Å². The van der Waals surface area contributed by atoms with E-state index in [-0.39, 0.29) is 5.69 Å². The Hall–Kier alpha value is -1.68. The molecule has 0 heterocycles. The largest absolute Gasteiger partial charge is 0.321 e. The van der Waals surface area contributed by atoms with Crippen molar-refractivity contribution in [3.05, 3.63) is 52.6 Å². The highest BCUT2D eigenvalue weighted by Crippen LogP contribution is 2.23. The summed E-state index contributed by atoms with van der Waals surface area (Å²) in [5.41, 5.74) is 6.14. The highest BCUT2D eigenvalue weighted by atomic mass is 16.6. The second kappa shape index (κ2) is 3.82. The lowest BCUT2D eigenvalue weighted by atomic mass is 10.1. The Morgan fingerprint density at radius 2 is 2.15 bits per heavy atom. The second-order valence-electron chi connectivity index (χ2n) is 2.58. The van der Waals surface area contributed by atoms with E-state index >= 15 is 0 Å². The number of hydrogen-bond donors (Lipinski definition) is 1. The van der Waals surface area contributed by atoms with Crippen molar-refractivity contribution in [2.75, 3.05) is 0 Å². The third-order valence-electron chi connectivity index (χ3n) is 1.75. The molecule has 1 atom stereocenters. The first kappa shape index (κ1) is 9.41. The third kappa shape index (κ3) is 1.91. The van der Waals surface area contributed by atoms with Gasteiger partial charge in [0, 0.05) is 6.07 Å². The Morgan fingerprint density at radius 3 is 2.69 bits per heavy atom. The fraction of sp³-hybridized carbons (Fsp3) is 0.111. The van der Waals surface area contributed by atoms with Gasteiger partial charge in [0.05, 0.1) is 16.5 Å². The lowest BCUT2D eigenvalue weighted by Crippen LogP contribution is -2.08. The maximum atomic E-state index is 10.6. The molecule has 0 aliphatic carbocycles. The van der Waals surface area contributed by atoms with Crippen LogP contribution >= 0.6 is 0 Å². The van der Waals surface area contributed by atoms with Crippen molar-refractivity contribution in [3.8, 4) is 0 Å². The lowest BCUT2D eigenvalue weighted by molar-refractivity contribution is -0.385. The van der Waals surface area contributed by atoms with E-state index < -0.39 is 11.0 Å². The quantitative estimate of drug-likeness (QED) is 0.435. The summed E-state index contributed by atoms with van der Waals surface area (Å²) >= 11 is 0. The number of rotatable bonds is 3. The van der Waals surface area contributed by atoms with Crippen LogP contribution in [0.1, 0.15) is 11.6 Å². The van der Waals surface area contributed by atoms with Crippen molar-refractivity contribution in [1.29, 1.82) is 0 Å². The molecule has 0 radical (unpaired) electrons. The van der Waals surface area contributed by atoms with Gasteiger partial charge in [0.25, 0.3) is 5.69 Å². The van der Waals surface area contributed by atoms with E-state index in [1.807, 2.05) is 0 Å². The molecule has 0 saturated heterocycles. The summed E-state index contributed by atoms with van der Waals surface area (Å²) in [6, 6.07) is 5.90. The van der Waals surface area contributed by atoms with Crippen LogP contribution in [0.4, 0.5) is 5.69 Å². The average molecular weight is 178 g/mol. The molecule has 1 aromatic carbocycles. The zero-order valence-corrected chi connectivity index (χ0v) is 7.01. The maximum Gasteiger partial charge on any atom is 0.274 e. The molecule has 13 heavy (non-hydrogen) atoms. The minimum atomic E-state index is -0.485. The molecule has 2 N–H and O–H groups in total. The summed E-state index contributed by atoms with van der Waals surface area (Å²) in [5.74, 6) is 0. The van der Waals surface area contributed by atoms with Gasteiger partial charge in [0.1, 0.15) is 0 Å². The fourth-order valence-corrected chi connectivity index (χ4v) is 1.06. The lowest BCUT2D eigenvalue weighted by Gasteiger charge is -2.05. The zero-order chi connectivity index (χ0) is 9.84. The Morgan fingerprint density at radius 1 is 1.54 bits per heavy atom. The van der Waals surface area contributed by atoms with Crippen LogP contribution in [0.5, 0.6) is 0 Å². The predicted molar refractivity (Wildman–Crippen MR) is 50.2 cm³/mol. The molecule has 0 spiro atoms. The Kier molecular flexibility index (Phi) is 2.76. The van der Waals surface area contributed by atoms with E-state index in [0.29, 0.717) is 5.56 Å². The highest BCUT2D eigenvalue weighted by Gasteiger charge is 2.15. The third-order valence-corrected chi connectivity index (χ3v) is 1.75. The van der Waals surface area contributed by atoms with Crippen molar-refractivity contribution in [3.63, 3.8) is 0 Å². The van der Waals surface area contributed by atoms with Gasteiger partial charge in [-0.1, -0.05) is 24.3 Å². The van der Waals surface area contributed by atoms with E-state index in [1.54, 1.807) is 18.2 Å². The Balaban J connectivity index is 3.19. The summed E-state index contributed by atoms with van der Waals surface area (Å²) in [4.78, 5) is 10.1. The molecule has 4 heteroatoms. The molecule has 0 bridgehead atoms. The molecule has 0 aliphatic heterocycles. The van der Waals surface area contributed by atoms with E-state index in [2.05, 4.69) is 6.58 Å². The number of benzene rings is 1. The van der Waals surface area contributed by atoms with E-state index in [1.165, 1.54) is 12.1 Å². The number of para-hydroxylation sites is 1. The van der Waals surface area contributed by atoms with Crippen LogP contribution in [0.25, 0.3) is 0 Å². The van der Waals surface area contributed by atoms with Crippen LogP contribution in [-0.2, 0) is 0 Å². The van der Waals surface area contributed by atoms with E-state index in [4.69, 9.17) is 5.73 Å². The normalized spacial score (nSPS) is 12.1. The minimum Gasteiger partial charge on any atom is -0.321 e. The van der Waals surface area contributed by atoms with Gasteiger partial charge in [-0.3, -0.25) is 10.1 Å². The first-order valence-corrected chi connectivity index (χ1v) is 3.78. The van der Waals surface area contributed by atoms with Crippen molar-refractivity contribution in [2.45, 2.75) is 6.04 Å². The van der Waals surface area contributed by atoms with Gasteiger partial charge in [-0.05, 0) is 0 Å². The fourth-order valence-electron chi connectivity index (χ4n) is 1.06. The smallest absolute Gasteiger partial charge is 0.274 e. The molecule has 1 aromatic rings. The average Bonchev–Trinajstić information content (AvgIpc) is 2.16.